The summed E-state index contributed by atoms with van der Waals surface area (Å²) in [6.07, 6.45) is 0.749. The number of carbonyl (C=O) groups excluding carboxylic acids is 1. The summed E-state index contributed by atoms with van der Waals surface area (Å²) in [5, 5.41) is 0. The first-order valence-corrected chi connectivity index (χ1v) is 10.4. The lowest BCUT2D eigenvalue weighted by Crippen LogP contribution is -2.54. The van der Waals surface area contributed by atoms with E-state index in [9.17, 15) is 13.2 Å². The maximum absolute atomic E-state index is 12.9. The van der Waals surface area contributed by atoms with E-state index in [1.54, 1.807) is 47.4 Å². The van der Waals surface area contributed by atoms with Crippen molar-refractivity contribution in [3.63, 3.8) is 0 Å². The Morgan fingerprint density at radius 3 is 2.52 bits per heavy atom. The maximum Gasteiger partial charge on any atom is 0.261 e. The molecule has 0 radical (unpaired) electrons. The minimum atomic E-state index is -3.70. The van der Waals surface area contributed by atoms with Gasteiger partial charge in [-0.3, -0.25) is 9.52 Å². The molecule has 0 saturated carbocycles. The van der Waals surface area contributed by atoms with Gasteiger partial charge in [-0.25, -0.2) is 8.42 Å². The molecule has 2 aromatic rings. The lowest BCUT2D eigenvalue weighted by molar-refractivity contribution is 0.0533. The number of carbonyl (C=O) groups is 1. The molecule has 3 N–H and O–H groups in total. The molecule has 0 spiro atoms. The van der Waals surface area contributed by atoms with Crippen LogP contribution in [0.3, 0.4) is 0 Å². The van der Waals surface area contributed by atoms with E-state index < -0.39 is 10.0 Å². The van der Waals surface area contributed by atoms with Crippen molar-refractivity contribution in [2.75, 3.05) is 17.8 Å². The van der Waals surface area contributed by atoms with Crippen molar-refractivity contribution < 1.29 is 13.2 Å². The molecule has 1 heterocycles. The molecule has 144 valence electrons. The highest BCUT2D eigenvalue weighted by atomic mass is 32.2. The molecule has 1 aliphatic rings. The van der Waals surface area contributed by atoms with Crippen LogP contribution in [0.5, 0.6) is 0 Å². The number of nitrogens with zero attached hydrogens (tertiary/aromatic N) is 1. The van der Waals surface area contributed by atoms with E-state index in [4.69, 9.17) is 5.73 Å². The standard InChI is InChI=1S/C20H25N3O3S/c1-20(2)14-23(12-11-18(20)21)19(24)15-7-6-8-16(13-15)22-27(25,26)17-9-4-3-5-10-17/h3-10,13,18,22H,11-12,14,21H2,1-2H3. The van der Waals surface area contributed by atoms with Crippen LogP contribution in [-0.2, 0) is 10.0 Å². The van der Waals surface area contributed by atoms with Crippen molar-refractivity contribution in [1.29, 1.82) is 0 Å². The Kier molecular flexibility index (Phi) is 5.26. The lowest BCUT2D eigenvalue weighted by atomic mass is 9.79. The molecule has 1 aliphatic heterocycles. The summed E-state index contributed by atoms with van der Waals surface area (Å²) in [4.78, 5) is 14.9. The molecule has 6 nitrogen and oxygen atoms in total. The third-order valence-electron chi connectivity index (χ3n) is 5.01. The first kappa shape index (κ1) is 19.4. The van der Waals surface area contributed by atoms with Crippen molar-refractivity contribution in [2.45, 2.75) is 31.2 Å². The molecule has 1 atom stereocenters. The highest BCUT2D eigenvalue weighted by Crippen LogP contribution is 2.29. The van der Waals surface area contributed by atoms with E-state index in [0.29, 0.717) is 24.3 Å². The zero-order valence-corrected chi connectivity index (χ0v) is 16.4. The number of anilines is 1. The average molecular weight is 388 g/mol. The Labute approximate surface area is 160 Å². The zero-order valence-electron chi connectivity index (χ0n) is 15.6. The highest BCUT2D eigenvalue weighted by molar-refractivity contribution is 7.92. The van der Waals surface area contributed by atoms with Crippen LogP contribution in [0.25, 0.3) is 0 Å². The Morgan fingerprint density at radius 2 is 1.85 bits per heavy atom. The van der Waals surface area contributed by atoms with E-state index in [0.717, 1.165) is 6.42 Å². The summed E-state index contributed by atoms with van der Waals surface area (Å²) in [5.41, 5.74) is 6.81. The molecule has 27 heavy (non-hydrogen) atoms. The first-order chi connectivity index (χ1) is 12.7. The van der Waals surface area contributed by atoms with Crippen molar-refractivity contribution in [2.24, 2.45) is 11.1 Å². The highest BCUT2D eigenvalue weighted by Gasteiger charge is 2.35. The van der Waals surface area contributed by atoms with Crippen LogP contribution in [0.15, 0.2) is 59.5 Å². The summed E-state index contributed by atoms with van der Waals surface area (Å²) in [6, 6.07) is 14.8. The van der Waals surface area contributed by atoms with Crippen LogP contribution >= 0.6 is 0 Å². The van der Waals surface area contributed by atoms with Gasteiger partial charge in [0.15, 0.2) is 0 Å². The zero-order chi connectivity index (χ0) is 19.7. The van der Waals surface area contributed by atoms with Crippen LogP contribution in [0.1, 0.15) is 30.6 Å². The summed E-state index contributed by atoms with van der Waals surface area (Å²) < 4.78 is 27.5. The summed E-state index contributed by atoms with van der Waals surface area (Å²) in [6.45, 7) is 5.29. The number of rotatable bonds is 4. The van der Waals surface area contributed by atoms with Crippen LogP contribution in [0.2, 0.25) is 0 Å². The molecule has 1 amide bonds. The number of hydrogen-bond acceptors (Lipinski definition) is 4. The predicted octanol–water partition coefficient (Wildman–Crippen LogP) is 2.69. The minimum absolute atomic E-state index is 0.0607. The Morgan fingerprint density at radius 1 is 1.15 bits per heavy atom. The number of nitrogens with one attached hydrogen (secondary N) is 1. The Bertz CT molecular complexity index is 926. The van der Waals surface area contributed by atoms with E-state index in [-0.39, 0.29) is 22.3 Å². The number of benzene rings is 2. The molecule has 0 bridgehead atoms. The topological polar surface area (TPSA) is 92.5 Å². The summed E-state index contributed by atoms with van der Waals surface area (Å²) in [5.74, 6) is -0.115. The van der Waals surface area contributed by atoms with Gasteiger partial charge in [0, 0.05) is 30.4 Å². The molecular formula is C20H25N3O3S. The second-order valence-electron chi connectivity index (χ2n) is 7.61. The van der Waals surface area contributed by atoms with Gasteiger partial charge in [-0.05, 0) is 42.2 Å². The van der Waals surface area contributed by atoms with Crippen LogP contribution in [0.4, 0.5) is 5.69 Å². The SMILES string of the molecule is CC1(C)CN(C(=O)c2cccc(NS(=O)(=O)c3ccccc3)c2)CCC1N. The monoisotopic (exact) mass is 387 g/mol. The first-order valence-electron chi connectivity index (χ1n) is 8.92. The molecule has 3 rings (SSSR count). The van der Waals surface area contributed by atoms with Gasteiger partial charge in [0.1, 0.15) is 0 Å². The molecule has 2 aromatic carbocycles. The van der Waals surface area contributed by atoms with Crippen molar-refractivity contribution in [1.82, 2.24) is 4.90 Å². The van der Waals surface area contributed by atoms with E-state index >= 15 is 0 Å². The van der Waals surface area contributed by atoms with Gasteiger partial charge in [0.05, 0.1) is 4.90 Å². The normalized spacial score (nSPS) is 19.5. The van der Waals surface area contributed by atoms with Gasteiger partial charge in [0.2, 0.25) is 0 Å². The number of hydrogen-bond donors (Lipinski definition) is 2. The van der Waals surface area contributed by atoms with Gasteiger partial charge < -0.3 is 10.6 Å². The minimum Gasteiger partial charge on any atom is -0.338 e. The summed E-state index contributed by atoms with van der Waals surface area (Å²) >= 11 is 0. The van der Waals surface area contributed by atoms with Gasteiger partial charge in [-0.1, -0.05) is 38.1 Å². The van der Waals surface area contributed by atoms with Crippen LogP contribution in [0, 0.1) is 5.41 Å². The quantitative estimate of drug-likeness (QED) is 0.844. The average Bonchev–Trinajstić information content (AvgIpc) is 2.64. The fourth-order valence-corrected chi connectivity index (χ4v) is 4.33. The number of amides is 1. The smallest absolute Gasteiger partial charge is 0.261 e. The predicted molar refractivity (Wildman–Crippen MR) is 106 cm³/mol. The lowest BCUT2D eigenvalue weighted by Gasteiger charge is -2.42. The third kappa shape index (κ3) is 4.31. The largest absolute Gasteiger partial charge is 0.338 e. The second kappa shape index (κ2) is 7.32. The number of likely N-dealkylation sites (tertiary alicyclic amines) is 1. The van der Waals surface area contributed by atoms with Gasteiger partial charge in [0.25, 0.3) is 15.9 Å². The number of piperidine rings is 1. The van der Waals surface area contributed by atoms with Crippen LogP contribution in [-0.4, -0.2) is 38.4 Å². The molecule has 1 saturated heterocycles. The van der Waals surface area contributed by atoms with Gasteiger partial charge in [-0.2, -0.15) is 0 Å². The van der Waals surface area contributed by atoms with Crippen molar-refractivity contribution in [3.8, 4) is 0 Å². The van der Waals surface area contributed by atoms with Crippen molar-refractivity contribution >= 4 is 21.6 Å². The molecule has 1 unspecified atom stereocenters. The fourth-order valence-electron chi connectivity index (χ4n) is 3.26. The Balaban J connectivity index is 1.79. The molecule has 1 fully saturated rings. The van der Waals surface area contributed by atoms with Gasteiger partial charge in [-0.15, -0.1) is 0 Å². The third-order valence-corrected chi connectivity index (χ3v) is 6.41. The molecule has 0 aliphatic carbocycles. The van der Waals surface area contributed by atoms with Crippen LogP contribution < -0.4 is 10.5 Å². The second-order valence-corrected chi connectivity index (χ2v) is 9.29. The van der Waals surface area contributed by atoms with E-state index in [1.807, 2.05) is 0 Å². The number of nitrogens with two attached hydrogens (primary N) is 1. The summed E-state index contributed by atoms with van der Waals surface area (Å²) in [7, 11) is -3.70. The fraction of sp³-hybridized carbons (Fsp3) is 0.350. The van der Waals surface area contributed by atoms with E-state index in [2.05, 4.69) is 18.6 Å². The molecule has 7 heteroatoms. The maximum atomic E-state index is 12.9. The van der Waals surface area contributed by atoms with Crippen molar-refractivity contribution in [3.05, 3.63) is 60.2 Å². The Hall–Kier alpha value is -2.38. The number of sulfonamides is 1. The van der Waals surface area contributed by atoms with Gasteiger partial charge >= 0.3 is 0 Å². The molecular weight excluding hydrogens is 362 g/mol. The molecule has 0 aromatic heterocycles. The van der Waals surface area contributed by atoms with E-state index in [1.165, 1.54) is 12.1 Å².